The highest BCUT2D eigenvalue weighted by atomic mass is 15.0. The first-order valence-electron chi connectivity index (χ1n) is 34.5. The topological polar surface area (TPSA) is 82.2 Å². The van der Waals surface area contributed by atoms with E-state index in [-0.39, 0.29) is 0 Å². The Hall–Kier alpha value is -14.0. The van der Waals surface area contributed by atoms with Gasteiger partial charge in [-0.15, -0.1) is 0 Å². The lowest BCUT2D eigenvalue weighted by molar-refractivity contribution is 1.07. The maximum absolute atomic E-state index is 13.7. The van der Waals surface area contributed by atoms with Gasteiger partial charge in [0, 0.05) is 127 Å². The van der Waals surface area contributed by atoms with Gasteiger partial charge in [0.25, 0.3) is 0 Å². The van der Waals surface area contributed by atoms with Gasteiger partial charge in [-0.1, -0.05) is 279 Å². The number of rotatable bonds is 11. The molecule has 474 valence electrons. The third-order valence-corrected chi connectivity index (χ3v) is 20.4. The standard InChI is InChI=1S/C94H58N8/c95-59-78-83(74-51-27-47-70-66-43-19-23-55-79(66)99(88(70)74)62-35-11-3-12-36-62)85(76-53-29-49-72-68-45-21-25-57-81(68)101(90(72)76)64-39-15-5-16-40-64)86(77-54-30-50-73-69-46-22-26-58-82(69)102(91(73)77)65-41-17-6-18-42-65)87(94-97-92(60-31-7-1-8-32-60)96-93(98-94)61-33-9-2-10-34-61)84(78)75-52-28-48-71-67-44-20-24-56-80(67)100(89(71)75)63-37-13-4-14-38-63/h1-58H. The molecule has 0 amide bonds. The summed E-state index contributed by atoms with van der Waals surface area (Å²) in [5.41, 5.74) is 21.2. The van der Waals surface area contributed by atoms with E-state index in [1.165, 1.54) is 0 Å². The lowest BCUT2D eigenvalue weighted by atomic mass is 9.76. The van der Waals surface area contributed by atoms with Gasteiger partial charge in [-0.05, 0) is 72.8 Å². The molecule has 5 aromatic heterocycles. The summed E-state index contributed by atoms with van der Waals surface area (Å²) < 4.78 is 9.66. The molecule has 0 radical (unpaired) electrons. The summed E-state index contributed by atoms with van der Waals surface area (Å²) in [7, 11) is 0. The third-order valence-electron chi connectivity index (χ3n) is 20.4. The van der Waals surface area contributed by atoms with Crippen molar-refractivity contribution in [1.82, 2.24) is 33.2 Å². The molecule has 0 bridgehead atoms. The van der Waals surface area contributed by atoms with E-state index in [4.69, 9.17) is 15.0 Å². The number of para-hydroxylation sites is 12. The summed E-state index contributed by atoms with van der Waals surface area (Å²) in [6, 6.07) is 128. The van der Waals surface area contributed by atoms with Crippen molar-refractivity contribution in [2.75, 3.05) is 0 Å². The maximum atomic E-state index is 13.7. The largest absolute Gasteiger partial charge is 0.309 e. The molecule has 0 saturated heterocycles. The van der Waals surface area contributed by atoms with E-state index in [9.17, 15) is 5.26 Å². The molecule has 15 aromatic carbocycles. The predicted octanol–water partition coefficient (Wildman–Crippen LogP) is 23.8. The molecule has 0 aliphatic heterocycles. The van der Waals surface area contributed by atoms with Gasteiger partial charge in [0.2, 0.25) is 0 Å². The van der Waals surface area contributed by atoms with Crippen LogP contribution in [0.1, 0.15) is 5.56 Å². The molecule has 0 aliphatic rings. The van der Waals surface area contributed by atoms with Crippen LogP contribution in [0.3, 0.4) is 0 Å². The van der Waals surface area contributed by atoms with Gasteiger partial charge in [0.15, 0.2) is 17.5 Å². The highest BCUT2D eigenvalue weighted by molar-refractivity contribution is 6.26. The minimum Gasteiger partial charge on any atom is -0.309 e. The minimum atomic E-state index is 0.392. The number of hydrogen-bond donors (Lipinski definition) is 0. The van der Waals surface area contributed by atoms with Gasteiger partial charge in [0.1, 0.15) is 6.07 Å². The molecule has 8 nitrogen and oxygen atoms in total. The Kier molecular flexibility index (Phi) is 13.5. The summed E-state index contributed by atoms with van der Waals surface area (Å²) in [5, 5.41) is 22.2. The highest BCUT2D eigenvalue weighted by Gasteiger charge is 2.36. The SMILES string of the molecule is N#Cc1c(-c2cccc3c4ccccc4n(-c4ccccc4)c23)c(-c2nc(-c3ccccc3)nc(-c3ccccc3)n2)c(-c2cccc3c4ccccc4n(-c4ccccc4)c23)c(-c2cccc3c4ccccc4n(-c4ccccc4)c23)c1-c1cccc2c3ccccc3n(-c3ccccc3)c12. The number of nitrogens with zero attached hydrogens (tertiary/aromatic N) is 8. The lowest BCUT2D eigenvalue weighted by Gasteiger charge is -2.28. The van der Waals surface area contributed by atoms with Crippen LogP contribution in [0.2, 0.25) is 0 Å². The monoisotopic (exact) mass is 1300 g/mol. The first-order chi connectivity index (χ1) is 50.7. The first-order valence-corrected chi connectivity index (χ1v) is 34.5. The molecular formula is C94H58N8. The predicted molar refractivity (Wildman–Crippen MR) is 420 cm³/mol. The Morgan fingerprint density at radius 1 is 0.206 bits per heavy atom. The van der Waals surface area contributed by atoms with Crippen molar-refractivity contribution in [1.29, 1.82) is 5.26 Å². The zero-order valence-corrected chi connectivity index (χ0v) is 55.1. The normalized spacial score (nSPS) is 11.7. The van der Waals surface area contributed by atoms with Crippen LogP contribution in [0.25, 0.3) is 189 Å². The van der Waals surface area contributed by atoms with Gasteiger partial charge < -0.3 is 18.3 Å². The second kappa shape index (κ2) is 23.6. The van der Waals surface area contributed by atoms with Crippen LogP contribution >= 0.6 is 0 Å². The molecule has 0 N–H and O–H groups in total. The summed E-state index contributed by atoms with van der Waals surface area (Å²) in [6.45, 7) is 0. The van der Waals surface area contributed by atoms with Crippen molar-refractivity contribution in [3.05, 3.63) is 357 Å². The second-order valence-corrected chi connectivity index (χ2v) is 26.0. The third kappa shape index (κ3) is 8.92. The van der Waals surface area contributed by atoms with E-state index in [1.54, 1.807) is 0 Å². The van der Waals surface area contributed by atoms with Gasteiger partial charge in [-0.2, -0.15) is 5.26 Å². The van der Waals surface area contributed by atoms with Gasteiger partial charge in [0.05, 0.1) is 49.7 Å². The summed E-state index contributed by atoms with van der Waals surface area (Å²) >= 11 is 0. The minimum absolute atomic E-state index is 0.392. The van der Waals surface area contributed by atoms with Crippen molar-refractivity contribution in [3.63, 3.8) is 0 Å². The molecule has 102 heavy (non-hydrogen) atoms. The van der Waals surface area contributed by atoms with E-state index >= 15 is 0 Å². The van der Waals surface area contributed by atoms with Crippen molar-refractivity contribution in [2.45, 2.75) is 0 Å². The van der Waals surface area contributed by atoms with E-state index in [0.717, 1.165) is 160 Å². The number of hydrogen-bond acceptors (Lipinski definition) is 4. The molecule has 0 fully saturated rings. The fourth-order valence-corrected chi connectivity index (χ4v) is 16.3. The Balaban J connectivity index is 1.12. The van der Waals surface area contributed by atoms with Crippen molar-refractivity contribution >= 4 is 87.2 Å². The van der Waals surface area contributed by atoms with Crippen molar-refractivity contribution in [2.24, 2.45) is 0 Å². The van der Waals surface area contributed by atoms with Gasteiger partial charge in [-0.3, -0.25) is 0 Å². The number of aromatic nitrogens is 7. The molecule has 20 aromatic rings. The highest BCUT2D eigenvalue weighted by Crippen LogP contribution is 2.58. The number of fused-ring (bicyclic) bond motifs is 12. The van der Waals surface area contributed by atoms with E-state index in [0.29, 0.717) is 34.2 Å². The van der Waals surface area contributed by atoms with Crippen LogP contribution in [0.4, 0.5) is 0 Å². The molecule has 5 heterocycles. The summed E-state index contributed by atoms with van der Waals surface area (Å²) in [5.74, 6) is 1.36. The molecule has 0 atom stereocenters. The fourth-order valence-electron chi connectivity index (χ4n) is 16.3. The van der Waals surface area contributed by atoms with Gasteiger partial charge in [-0.25, -0.2) is 15.0 Å². The first kappa shape index (κ1) is 58.2. The number of nitriles is 1. The molecule has 0 unspecified atom stereocenters. The van der Waals surface area contributed by atoms with E-state index < -0.39 is 0 Å². The molecule has 0 spiro atoms. The molecule has 0 aliphatic carbocycles. The van der Waals surface area contributed by atoms with Gasteiger partial charge >= 0.3 is 0 Å². The Labute approximate surface area is 587 Å². The molecule has 20 rings (SSSR count). The van der Waals surface area contributed by atoms with Crippen LogP contribution in [-0.4, -0.2) is 33.2 Å². The average Bonchev–Trinajstić information content (AvgIpc) is 1.29. The zero-order chi connectivity index (χ0) is 67.4. The fraction of sp³-hybridized carbons (Fsp3) is 0. The Bertz CT molecular complexity index is 6720. The van der Waals surface area contributed by atoms with E-state index in [2.05, 4.69) is 340 Å². The molecular weight excluding hydrogens is 1240 g/mol. The Morgan fingerprint density at radius 2 is 0.441 bits per heavy atom. The summed E-state index contributed by atoms with van der Waals surface area (Å²) in [6.07, 6.45) is 0. The van der Waals surface area contributed by atoms with Crippen molar-refractivity contribution in [3.8, 4) is 107 Å². The summed E-state index contributed by atoms with van der Waals surface area (Å²) in [4.78, 5) is 17.3. The Morgan fingerprint density at radius 3 is 0.745 bits per heavy atom. The van der Waals surface area contributed by atoms with E-state index in [1.807, 2.05) is 36.4 Å². The average molecular weight is 1300 g/mol. The van der Waals surface area contributed by atoms with Crippen molar-refractivity contribution < 1.29 is 0 Å². The zero-order valence-electron chi connectivity index (χ0n) is 55.1. The van der Waals surface area contributed by atoms with Crippen LogP contribution in [0, 0.1) is 11.3 Å². The lowest BCUT2D eigenvalue weighted by Crippen LogP contribution is -2.08. The smallest absolute Gasteiger partial charge is 0.165 e. The molecule has 0 saturated carbocycles. The van der Waals surface area contributed by atoms with Crippen LogP contribution in [0.5, 0.6) is 0 Å². The van der Waals surface area contributed by atoms with Crippen LogP contribution < -0.4 is 0 Å². The van der Waals surface area contributed by atoms with Crippen LogP contribution in [0.15, 0.2) is 352 Å². The second-order valence-electron chi connectivity index (χ2n) is 26.0. The maximum Gasteiger partial charge on any atom is 0.165 e. The molecule has 8 heteroatoms. The van der Waals surface area contributed by atoms with Crippen LogP contribution in [-0.2, 0) is 0 Å². The number of benzene rings is 15. The quantitative estimate of drug-likeness (QED) is 0.129.